The normalized spacial score (nSPS) is 14.6. The number of hydrogen-bond donors (Lipinski definition) is 1. The highest BCUT2D eigenvalue weighted by atomic mass is 79.9. The fourth-order valence-corrected chi connectivity index (χ4v) is 1.36. The van der Waals surface area contributed by atoms with E-state index in [2.05, 4.69) is 0 Å². The smallest absolute Gasteiger partial charge is 0.0696 e. The number of halogens is 1. The van der Waals surface area contributed by atoms with Crippen LogP contribution in [-0.2, 0) is 9.73 Å². The van der Waals surface area contributed by atoms with Gasteiger partial charge in [-0.3, -0.25) is 0 Å². The van der Waals surface area contributed by atoms with Gasteiger partial charge in [0.2, 0.25) is 0 Å². The van der Waals surface area contributed by atoms with E-state index in [1.54, 1.807) is 24.3 Å². The summed E-state index contributed by atoms with van der Waals surface area (Å²) in [7, 11) is -2.50. The molecule has 0 fully saturated rings. The number of benzene rings is 1. The molecule has 0 aliphatic heterocycles. The molecule has 1 aromatic carbocycles. The number of rotatable bonds is 1. The second-order valence-electron chi connectivity index (χ2n) is 2.16. The lowest BCUT2D eigenvalue weighted by Gasteiger charge is -1.97. The first-order valence-electron chi connectivity index (χ1n) is 2.89. The van der Waals surface area contributed by atoms with Crippen LogP contribution in [0.25, 0.3) is 0 Å². The highest BCUT2D eigenvalue weighted by Gasteiger charge is 1.98. The van der Waals surface area contributed by atoms with Gasteiger partial charge in [-0.2, -0.15) is 0 Å². The van der Waals surface area contributed by atoms with Crippen LogP contribution in [0.4, 0.5) is 0 Å². The van der Waals surface area contributed by atoms with Crippen LogP contribution in [0.2, 0.25) is 0 Å². The van der Waals surface area contributed by atoms with Crippen LogP contribution < -0.4 is 0 Å². The molecular weight excluding hydrogens is 226 g/mol. The van der Waals surface area contributed by atoms with Gasteiger partial charge in [-0.05, 0) is 12.1 Å². The maximum absolute atomic E-state index is 11.1. The largest absolute Gasteiger partial charge is 0.249 e. The summed E-state index contributed by atoms with van der Waals surface area (Å²) in [5.41, 5.74) is 0. The molecule has 0 aliphatic carbocycles. The molecule has 0 heterocycles. The summed E-state index contributed by atoms with van der Waals surface area (Å²) in [6.07, 6.45) is 1.42. The van der Waals surface area contributed by atoms with E-state index in [1.165, 1.54) is 6.26 Å². The molecule has 0 saturated carbocycles. The molecule has 1 unspecified atom stereocenters. The lowest BCUT2D eigenvalue weighted by molar-refractivity contribution is 0.679. The fourth-order valence-electron chi connectivity index (χ4n) is 0.680. The summed E-state index contributed by atoms with van der Waals surface area (Å²) in [4.78, 5) is 0.593. The Morgan fingerprint density at radius 2 is 1.73 bits per heavy atom. The zero-order chi connectivity index (χ0) is 7.61. The third-order valence-corrected chi connectivity index (χ3v) is 2.36. The minimum absolute atomic E-state index is 0. The molecule has 1 rings (SSSR count). The Kier molecular flexibility index (Phi) is 3.75. The predicted molar refractivity (Wildman–Crippen MR) is 51.8 cm³/mol. The molecule has 2 nitrogen and oxygen atoms in total. The van der Waals surface area contributed by atoms with Crippen molar-refractivity contribution in [2.45, 2.75) is 4.90 Å². The van der Waals surface area contributed by atoms with E-state index in [1.807, 2.05) is 6.07 Å². The third kappa shape index (κ3) is 3.03. The zero-order valence-electron chi connectivity index (χ0n) is 6.11. The Morgan fingerprint density at radius 1 is 1.27 bits per heavy atom. The summed E-state index contributed by atoms with van der Waals surface area (Å²) in [6.45, 7) is 0. The van der Waals surface area contributed by atoms with E-state index >= 15 is 0 Å². The third-order valence-electron chi connectivity index (χ3n) is 1.19. The molecule has 0 amide bonds. The van der Waals surface area contributed by atoms with Gasteiger partial charge >= 0.3 is 0 Å². The molecule has 0 radical (unpaired) electrons. The minimum atomic E-state index is -2.50. The maximum Gasteiger partial charge on any atom is 0.0696 e. The van der Waals surface area contributed by atoms with Crippen LogP contribution in [0.15, 0.2) is 35.2 Å². The van der Waals surface area contributed by atoms with Gasteiger partial charge < -0.3 is 0 Å². The Bertz CT molecular complexity index is 306. The van der Waals surface area contributed by atoms with Crippen molar-refractivity contribution in [1.82, 2.24) is 0 Å². The van der Waals surface area contributed by atoms with Gasteiger partial charge in [0, 0.05) is 11.2 Å². The first-order valence-corrected chi connectivity index (χ1v) is 4.86. The molecule has 1 aromatic rings. The first-order chi connectivity index (χ1) is 4.61. The van der Waals surface area contributed by atoms with Crippen molar-refractivity contribution in [3.8, 4) is 0 Å². The van der Waals surface area contributed by atoms with Crippen molar-refractivity contribution in [1.29, 1.82) is 4.78 Å². The maximum atomic E-state index is 11.1. The average molecular weight is 236 g/mol. The summed E-state index contributed by atoms with van der Waals surface area (Å²) < 4.78 is 18.3. The van der Waals surface area contributed by atoms with Gasteiger partial charge in [-0.15, -0.1) is 17.0 Å². The Balaban J connectivity index is 0.000001000. The van der Waals surface area contributed by atoms with Crippen LogP contribution in [0, 0.1) is 4.78 Å². The second kappa shape index (κ2) is 3.88. The highest BCUT2D eigenvalue weighted by molar-refractivity contribution is 8.93. The molecule has 0 saturated heterocycles. The Labute approximate surface area is 77.4 Å². The van der Waals surface area contributed by atoms with Crippen molar-refractivity contribution >= 4 is 26.7 Å². The summed E-state index contributed by atoms with van der Waals surface area (Å²) in [5, 5.41) is 0. The Morgan fingerprint density at radius 3 is 2.00 bits per heavy atom. The predicted octanol–water partition coefficient (Wildman–Crippen LogP) is 2.30. The van der Waals surface area contributed by atoms with E-state index in [9.17, 15) is 4.21 Å². The topological polar surface area (TPSA) is 40.9 Å². The van der Waals surface area contributed by atoms with E-state index in [-0.39, 0.29) is 17.0 Å². The molecular formula is C7H10BrNOS. The van der Waals surface area contributed by atoms with Crippen LogP contribution in [-0.4, -0.2) is 10.5 Å². The number of hydrogen-bond acceptors (Lipinski definition) is 2. The molecule has 62 valence electrons. The van der Waals surface area contributed by atoms with E-state index in [0.29, 0.717) is 4.90 Å². The van der Waals surface area contributed by atoms with Crippen molar-refractivity contribution in [2.24, 2.45) is 0 Å². The van der Waals surface area contributed by atoms with Gasteiger partial charge in [-0.1, -0.05) is 18.2 Å². The molecule has 0 bridgehead atoms. The van der Waals surface area contributed by atoms with Gasteiger partial charge in [0.15, 0.2) is 0 Å². The van der Waals surface area contributed by atoms with E-state index in [0.717, 1.165) is 0 Å². The van der Waals surface area contributed by atoms with Gasteiger partial charge in [-0.25, -0.2) is 8.99 Å². The average Bonchev–Trinajstić information content (AvgIpc) is 1.88. The van der Waals surface area contributed by atoms with Crippen LogP contribution in [0.1, 0.15) is 0 Å². The van der Waals surface area contributed by atoms with Crippen molar-refractivity contribution in [2.75, 3.05) is 6.26 Å². The van der Waals surface area contributed by atoms with Crippen LogP contribution >= 0.6 is 17.0 Å². The number of nitrogens with one attached hydrogen (secondary N) is 1. The SMILES string of the molecule is Br.CS(=N)(=O)c1ccccc1. The fraction of sp³-hybridized carbons (Fsp3) is 0.143. The highest BCUT2D eigenvalue weighted by Crippen LogP contribution is 2.06. The minimum Gasteiger partial charge on any atom is -0.249 e. The quantitative estimate of drug-likeness (QED) is 0.798. The van der Waals surface area contributed by atoms with Crippen LogP contribution in [0.3, 0.4) is 0 Å². The molecule has 0 aliphatic rings. The lowest BCUT2D eigenvalue weighted by Crippen LogP contribution is -1.92. The van der Waals surface area contributed by atoms with Crippen molar-refractivity contribution < 1.29 is 4.21 Å². The molecule has 1 atom stereocenters. The van der Waals surface area contributed by atoms with Gasteiger partial charge in [0.1, 0.15) is 0 Å². The molecule has 4 heteroatoms. The Hall–Kier alpha value is -0.350. The molecule has 0 aromatic heterocycles. The molecule has 11 heavy (non-hydrogen) atoms. The zero-order valence-corrected chi connectivity index (χ0v) is 8.64. The van der Waals surface area contributed by atoms with Gasteiger partial charge in [0.25, 0.3) is 0 Å². The second-order valence-corrected chi connectivity index (χ2v) is 4.32. The van der Waals surface area contributed by atoms with Crippen molar-refractivity contribution in [3.63, 3.8) is 0 Å². The summed E-state index contributed by atoms with van der Waals surface area (Å²) in [6, 6.07) is 8.82. The summed E-state index contributed by atoms with van der Waals surface area (Å²) >= 11 is 0. The molecule has 1 N–H and O–H groups in total. The monoisotopic (exact) mass is 235 g/mol. The standard InChI is InChI=1S/C7H9NOS.BrH/c1-10(8,9)7-5-3-2-4-6-7;/h2-6,8H,1H3;1H. The van der Waals surface area contributed by atoms with E-state index in [4.69, 9.17) is 4.78 Å². The summed E-state index contributed by atoms with van der Waals surface area (Å²) in [5.74, 6) is 0. The van der Waals surface area contributed by atoms with Gasteiger partial charge in [0.05, 0.1) is 9.73 Å². The lowest BCUT2D eigenvalue weighted by atomic mass is 10.4. The molecule has 0 spiro atoms. The van der Waals surface area contributed by atoms with Crippen LogP contribution in [0.5, 0.6) is 0 Å². The first kappa shape index (κ1) is 10.7. The van der Waals surface area contributed by atoms with E-state index < -0.39 is 9.73 Å². The van der Waals surface area contributed by atoms with Crippen molar-refractivity contribution in [3.05, 3.63) is 30.3 Å².